The summed E-state index contributed by atoms with van der Waals surface area (Å²) in [6.07, 6.45) is 4.78. The van der Waals surface area contributed by atoms with Crippen LogP contribution in [0.2, 0.25) is 5.02 Å². The SMILES string of the molecule is O=C1S/C(=C/c2cccnc2)C(=O)N1Cc1c(F)cccc1Cl. The van der Waals surface area contributed by atoms with Gasteiger partial charge in [-0.1, -0.05) is 23.7 Å². The maximum atomic E-state index is 13.8. The second-order valence-electron chi connectivity index (χ2n) is 4.75. The quantitative estimate of drug-likeness (QED) is 0.783. The van der Waals surface area contributed by atoms with E-state index in [1.807, 2.05) is 0 Å². The standard InChI is InChI=1S/C16H10ClFN2O2S/c17-12-4-1-5-13(18)11(12)9-20-15(21)14(23-16(20)22)7-10-3-2-6-19-8-10/h1-8H,9H2/b14-7+. The Morgan fingerprint density at radius 1 is 1.26 bits per heavy atom. The fourth-order valence-corrected chi connectivity index (χ4v) is 3.15. The van der Waals surface area contributed by atoms with E-state index in [2.05, 4.69) is 4.98 Å². The molecule has 2 amide bonds. The summed E-state index contributed by atoms with van der Waals surface area (Å²) in [5, 5.41) is -0.273. The summed E-state index contributed by atoms with van der Waals surface area (Å²) in [6.45, 7) is -0.194. The molecular weight excluding hydrogens is 339 g/mol. The van der Waals surface area contributed by atoms with Crippen molar-refractivity contribution in [2.24, 2.45) is 0 Å². The van der Waals surface area contributed by atoms with Gasteiger partial charge in [0.2, 0.25) is 0 Å². The number of hydrogen-bond donors (Lipinski definition) is 0. The van der Waals surface area contributed by atoms with E-state index >= 15 is 0 Å². The summed E-state index contributed by atoms with van der Waals surface area (Å²) >= 11 is 6.76. The first-order valence-electron chi connectivity index (χ1n) is 6.64. The van der Waals surface area contributed by atoms with Crippen LogP contribution < -0.4 is 0 Å². The molecule has 0 atom stereocenters. The minimum atomic E-state index is -0.548. The van der Waals surface area contributed by atoms with Gasteiger partial charge in [-0.2, -0.15) is 0 Å². The molecule has 1 saturated heterocycles. The number of aromatic nitrogens is 1. The third kappa shape index (κ3) is 3.28. The predicted molar refractivity (Wildman–Crippen MR) is 87.2 cm³/mol. The van der Waals surface area contributed by atoms with Gasteiger partial charge in [0, 0.05) is 23.0 Å². The lowest BCUT2D eigenvalue weighted by molar-refractivity contribution is -0.123. The van der Waals surface area contributed by atoms with Crippen LogP contribution >= 0.6 is 23.4 Å². The van der Waals surface area contributed by atoms with Gasteiger partial charge >= 0.3 is 0 Å². The first kappa shape index (κ1) is 15.7. The Morgan fingerprint density at radius 3 is 2.78 bits per heavy atom. The van der Waals surface area contributed by atoms with E-state index in [-0.39, 0.29) is 22.0 Å². The van der Waals surface area contributed by atoms with Crippen LogP contribution in [0.25, 0.3) is 6.08 Å². The number of carbonyl (C=O) groups excluding carboxylic acids is 2. The second-order valence-corrected chi connectivity index (χ2v) is 6.15. The van der Waals surface area contributed by atoms with Crippen molar-refractivity contribution in [3.05, 3.63) is 69.6 Å². The number of carbonyl (C=O) groups is 2. The van der Waals surface area contributed by atoms with Crippen molar-refractivity contribution in [1.29, 1.82) is 0 Å². The van der Waals surface area contributed by atoms with Crippen molar-refractivity contribution in [3.63, 3.8) is 0 Å². The van der Waals surface area contributed by atoms with Gasteiger partial charge in [0.05, 0.1) is 11.4 Å². The number of halogens is 2. The topological polar surface area (TPSA) is 50.3 Å². The van der Waals surface area contributed by atoms with Gasteiger partial charge in [-0.25, -0.2) is 4.39 Å². The number of nitrogens with zero attached hydrogens (tertiary/aromatic N) is 2. The zero-order chi connectivity index (χ0) is 16.4. The maximum absolute atomic E-state index is 13.8. The van der Waals surface area contributed by atoms with Crippen molar-refractivity contribution in [2.75, 3.05) is 0 Å². The van der Waals surface area contributed by atoms with Gasteiger partial charge in [0.1, 0.15) is 5.82 Å². The van der Waals surface area contributed by atoms with Crippen molar-refractivity contribution in [2.45, 2.75) is 6.54 Å². The smallest absolute Gasteiger partial charge is 0.268 e. The van der Waals surface area contributed by atoms with Crippen LogP contribution in [0.4, 0.5) is 9.18 Å². The van der Waals surface area contributed by atoms with Crippen LogP contribution in [0.15, 0.2) is 47.6 Å². The number of rotatable bonds is 3. The van der Waals surface area contributed by atoms with Crippen LogP contribution in [-0.2, 0) is 11.3 Å². The summed E-state index contributed by atoms with van der Waals surface area (Å²) in [5.74, 6) is -1.02. The Kier molecular flexibility index (Phi) is 4.45. The Labute approximate surface area is 141 Å². The number of thioether (sulfide) groups is 1. The Balaban J connectivity index is 1.86. The lowest BCUT2D eigenvalue weighted by Crippen LogP contribution is -2.28. The molecule has 116 valence electrons. The molecule has 1 aliphatic rings. The lowest BCUT2D eigenvalue weighted by Gasteiger charge is -2.14. The highest BCUT2D eigenvalue weighted by Gasteiger charge is 2.35. The molecule has 2 aromatic rings. The van der Waals surface area contributed by atoms with E-state index in [4.69, 9.17) is 11.6 Å². The van der Waals surface area contributed by atoms with E-state index in [9.17, 15) is 14.0 Å². The first-order valence-corrected chi connectivity index (χ1v) is 7.84. The van der Waals surface area contributed by atoms with Crippen molar-refractivity contribution >= 4 is 40.6 Å². The van der Waals surface area contributed by atoms with Crippen LogP contribution in [0.3, 0.4) is 0 Å². The number of amides is 2. The van der Waals surface area contributed by atoms with Gasteiger partial charge in [-0.3, -0.25) is 19.5 Å². The number of pyridine rings is 1. The van der Waals surface area contributed by atoms with Crippen LogP contribution in [0, 0.1) is 5.82 Å². The number of hydrogen-bond acceptors (Lipinski definition) is 4. The number of benzene rings is 1. The van der Waals surface area contributed by atoms with Gasteiger partial charge in [0.15, 0.2) is 0 Å². The average molecular weight is 349 g/mol. The average Bonchev–Trinajstić information content (AvgIpc) is 2.79. The number of imide groups is 1. The third-order valence-corrected chi connectivity index (χ3v) is 4.50. The predicted octanol–water partition coefficient (Wildman–Crippen LogP) is 4.11. The molecule has 0 radical (unpaired) electrons. The molecule has 7 heteroatoms. The molecule has 4 nitrogen and oxygen atoms in total. The summed E-state index contributed by atoms with van der Waals surface area (Å²) in [5.41, 5.74) is 0.834. The summed E-state index contributed by atoms with van der Waals surface area (Å²) in [4.78, 5) is 29.6. The van der Waals surface area contributed by atoms with Crippen LogP contribution in [0.5, 0.6) is 0 Å². The molecule has 0 bridgehead atoms. The molecule has 1 aromatic carbocycles. The van der Waals surface area contributed by atoms with Crippen molar-refractivity contribution in [3.8, 4) is 0 Å². The molecule has 1 fully saturated rings. The summed E-state index contributed by atoms with van der Waals surface area (Å²) in [6, 6.07) is 7.73. The maximum Gasteiger partial charge on any atom is 0.293 e. The highest BCUT2D eigenvalue weighted by atomic mass is 35.5. The Bertz CT molecular complexity index is 791. The highest BCUT2D eigenvalue weighted by molar-refractivity contribution is 8.18. The van der Waals surface area contributed by atoms with Gasteiger partial charge in [-0.15, -0.1) is 0 Å². The zero-order valence-corrected chi connectivity index (χ0v) is 13.3. The van der Waals surface area contributed by atoms with E-state index in [0.29, 0.717) is 5.56 Å². The molecule has 0 saturated carbocycles. The van der Waals surface area contributed by atoms with Crippen LogP contribution in [0.1, 0.15) is 11.1 Å². The minimum absolute atomic E-state index is 0.124. The van der Waals surface area contributed by atoms with Crippen molar-refractivity contribution in [1.82, 2.24) is 9.88 Å². The highest BCUT2D eigenvalue weighted by Crippen LogP contribution is 2.34. The molecule has 3 rings (SSSR count). The zero-order valence-electron chi connectivity index (χ0n) is 11.7. The fourth-order valence-electron chi connectivity index (χ4n) is 2.09. The van der Waals surface area contributed by atoms with E-state index in [1.165, 1.54) is 18.2 Å². The van der Waals surface area contributed by atoms with Crippen molar-refractivity contribution < 1.29 is 14.0 Å². The molecule has 1 aliphatic heterocycles. The lowest BCUT2D eigenvalue weighted by atomic mass is 10.2. The largest absolute Gasteiger partial charge is 0.293 e. The monoisotopic (exact) mass is 348 g/mol. The van der Waals surface area contributed by atoms with E-state index < -0.39 is 17.0 Å². The molecular formula is C16H10ClFN2O2S. The fraction of sp³-hybridized carbons (Fsp3) is 0.0625. The summed E-state index contributed by atoms with van der Waals surface area (Å²) in [7, 11) is 0. The minimum Gasteiger partial charge on any atom is -0.268 e. The Morgan fingerprint density at radius 2 is 2.09 bits per heavy atom. The van der Waals surface area contributed by atoms with E-state index in [0.717, 1.165) is 16.7 Å². The molecule has 0 N–H and O–H groups in total. The molecule has 23 heavy (non-hydrogen) atoms. The first-order chi connectivity index (χ1) is 11.1. The van der Waals surface area contributed by atoms with Gasteiger partial charge in [-0.05, 0) is 41.6 Å². The van der Waals surface area contributed by atoms with Gasteiger partial charge < -0.3 is 0 Å². The Hall–Kier alpha value is -2.18. The second kappa shape index (κ2) is 6.52. The third-order valence-electron chi connectivity index (χ3n) is 3.23. The normalized spacial score (nSPS) is 16.4. The van der Waals surface area contributed by atoms with Crippen LogP contribution in [-0.4, -0.2) is 21.0 Å². The molecule has 2 heterocycles. The molecule has 0 aliphatic carbocycles. The summed E-state index contributed by atoms with van der Waals surface area (Å²) < 4.78 is 13.8. The molecule has 1 aromatic heterocycles. The van der Waals surface area contributed by atoms with E-state index in [1.54, 1.807) is 30.6 Å². The molecule has 0 unspecified atom stereocenters. The van der Waals surface area contributed by atoms with Gasteiger partial charge in [0.25, 0.3) is 11.1 Å². The molecule has 0 spiro atoms.